The molecule has 2 saturated carbocycles. The highest BCUT2D eigenvalue weighted by molar-refractivity contribution is 6.09. The first kappa shape index (κ1) is 20.9. The number of carbonyl (C=O) groups is 1. The van der Waals surface area contributed by atoms with Gasteiger partial charge in [-0.1, -0.05) is 11.6 Å². The quantitative estimate of drug-likeness (QED) is 0.543. The van der Waals surface area contributed by atoms with Crippen LogP contribution in [0.25, 0.3) is 22.3 Å². The molecule has 3 N–H and O–H groups in total. The van der Waals surface area contributed by atoms with Crippen molar-refractivity contribution < 1.29 is 14.6 Å². The highest BCUT2D eigenvalue weighted by Crippen LogP contribution is 2.37. The second kappa shape index (κ2) is 8.54. The Balaban J connectivity index is 1.49. The maximum Gasteiger partial charge on any atom is 0.255 e. The van der Waals surface area contributed by atoms with Crippen molar-refractivity contribution in [2.45, 2.75) is 64.5 Å². The van der Waals surface area contributed by atoms with Crippen LogP contribution in [0.1, 0.15) is 60.1 Å². The van der Waals surface area contributed by atoms with Crippen LogP contribution >= 0.6 is 0 Å². The molecule has 2 aromatic heterocycles. The molecule has 0 radical (unpaired) electrons. The van der Waals surface area contributed by atoms with Gasteiger partial charge in [-0.2, -0.15) is 0 Å². The average molecular weight is 435 g/mol. The van der Waals surface area contributed by atoms with Gasteiger partial charge in [0, 0.05) is 17.3 Å². The number of nitrogens with one attached hydrogen (secondary N) is 2. The first-order valence-electron chi connectivity index (χ1n) is 11.6. The summed E-state index contributed by atoms with van der Waals surface area (Å²) in [7, 11) is 0. The number of H-pyrrole nitrogens is 1. The minimum atomic E-state index is -0.251. The van der Waals surface area contributed by atoms with Crippen LogP contribution in [-0.4, -0.2) is 44.7 Å². The maximum absolute atomic E-state index is 13.2. The predicted molar refractivity (Wildman–Crippen MR) is 123 cm³/mol. The van der Waals surface area contributed by atoms with E-state index in [1.54, 1.807) is 0 Å². The van der Waals surface area contributed by atoms with Crippen LogP contribution in [0.4, 0.5) is 0 Å². The van der Waals surface area contributed by atoms with Crippen LogP contribution in [0.3, 0.4) is 0 Å². The molecule has 0 unspecified atom stereocenters. The third kappa shape index (κ3) is 4.21. The second-order valence-corrected chi connectivity index (χ2v) is 9.30. The minimum absolute atomic E-state index is 0.0794. The number of benzene rings is 1. The number of carbonyl (C=O) groups excluding carboxylic acids is 1. The lowest BCUT2D eigenvalue weighted by molar-refractivity contribution is 0.0868. The highest BCUT2D eigenvalue weighted by Gasteiger charge is 2.26. The number of aromatic nitrogens is 3. The van der Waals surface area contributed by atoms with Gasteiger partial charge in [0.1, 0.15) is 23.3 Å². The third-order valence-corrected chi connectivity index (χ3v) is 6.59. The van der Waals surface area contributed by atoms with E-state index in [0.29, 0.717) is 17.0 Å². The summed E-state index contributed by atoms with van der Waals surface area (Å²) >= 11 is 0. The number of aliphatic hydroxyl groups excluding tert-OH is 1. The Morgan fingerprint density at radius 3 is 2.69 bits per heavy atom. The third-order valence-electron chi connectivity index (χ3n) is 6.59. The van der Waals surface area contributed by atoms with Crippen molar-refractivity contribution in [2.24, 2.45) is 5.92 Å². The molecule has 1 amide bonds. The zero-order chi connectivity index (χ0) is 22.2. The van der Waals surface area contributed by atoms with Gasteiger partial charge in [0.05, 0.1) is 23.8 Å². The zero-order valence-electron chi connectivity index (χ0n) is 18.6. The van der Waals surface area contributed by atoms with Crippen LogP contribution in [0.15, 0.2) is 24.5 Å². The Labute approximate surface area is 187 Å². The van der Waals surface area contributed by atoms with Gasteiger partial charge in [-0.15, -0.1) is 0 Å². The van der Waals surface area contributed by atoms with Crippen molar-refractivity contribution in [1.29, 1.82) is 0 Å². The normalized spacial score (nSPS) is 21.0. The molecule has 0 saturated heterocycles. The van der Waals surface area contributed by atoms with Crippen LogP contribution < -0.4 is 10.1 Å². The van der Waals surface area contributed by atoms with Crippen molar-refractivity contribution in [3.63, 3.8) is 0 Å². The smallest absolute Gasteiger partial charge is 0.255 e. The Kier molecular flexibility index (Phi) is 5.59. The molecular formula is C25H30N4O3. The second-order valence-electron chi connectivity index (χ2n) is 9.30. The molecule has 2 fully saturated rings. The molecular weight excluding hydrogens is 404 g/mol. The summed E-state index contributed by atoms with van der Waals surface area (Å²) in [6, 6.07) is 6.20. The molecule has 2 heterocycles. The summed E-state index contributed by atoms with van der Waals surface area (Å²) in [4.78, 5) is 25.6. The summed E-state index contributed by atoms with van der Waals surface area (Å²) in [5.74, 6) is 1.33. The average Bonchev–Trinajstić information content (AvgIpc) is 3.54. The van der Waals surface area contributed by atoms with Gasteiger partial charge in [0.15, 0.2) is 0 Å². The number of rotatable bonds is 6. The van der Waals surface area contributed by atoms with E-state index in [9.17, 15) is 9.90 Å². The predicted octanol–water partition coefficient (Wildman–Crippen LogP) is 4.06. The molecule has 1 aromatic carbocycles. The van der Waals surface area contributed by atoms with E-state index < -0.39 is 0 Å². The fourth-order valence-corrected chi connectivity index (χ4v) is 4.53. The SMILES string of the molecule is Cc1ccc(OCC2CC2)c(-c2ncnc3c(C(=O)N[C@H]4CC[C@H](O)CC4)c(C)[nH]c23)c1. The molecule has 2 aliphatic carbocycles. The summed E-state index contributed by atoms with van der Waals surface area (Å²) < 4.78 is 6.14. The van der Waals surface area contributed by atoms with Gasteiger partial charge in [0.2, 0.25) is 0 Å². The number of aliphatic hydroxyl groups is 1. The Morgan fingerprint density at radius 2 is 1.94 bits per heavy atom. The van der Waals surface area contributed by atoms with Gasteiger partial charge in [-0.25, -0.2) is 9.97 Å². The number of fused-ring (bicyclic) bond motifs is 1. The van der Waals surface area contributed by atoms with Crippen molar-refractivity contribution in [3.05, 3.63) is 41.3 Å². The summed E-state index contributed by atoms with van der Waals surface area (Å²) in [6.45, 7) is 4.66. The monoisotopic (exact) mass is 434 g/mol. The molecule has 5 rings (SSSR count). The van der Waals surface area contributed by atoms with Crippen molar-refractivity contribution in [1.82, 2.24) is 20.3 Å². The van der Waals surface area contributed by atoms with Crippen LogP contribution in [0.2, 0.25) is 0 Å². The largest absolute Gasteiger partial charge is 0.493 e. The molecule has 7 heteroatoms. The van der Waals surface area contributed by atoms with E-state index >= 15 is 0 Å². The molecule has 0 atom stereocenters. The summed E-state index contributed by atoms with van der Waals surface area (Å²) in [5, 5.41) is 12.9. The molecule has 0 aliphatic heterocycles. The molecule has 2 aliphatic rings. The lowest BCUT2D eigenvalue weighted by Gasteiger charge is -2.26. The minimum Gasteiger partial charge on any atom is -0.493 e. The van der Waals surface area contributed by atoms with Gasteiger partial charge in [-0.3, -0.25) is 4.79 Å². The lowest BCUT2D eigenvalue weighted by atomic mass is 9.93. The number of nitrogens with zero attached hydrogens (tertiary/aromatic N) is 2. The van der Waals surface area contributed by atoms with Crippen LogP contribution in [0.5, 0.6) is 5.75 Å². The van der Waals surface area contributed by atoms with E-state index in [0.717, 1.165) is 66.1 Å². The topological polar surface area (TPSA) is 100 Å². The number of amides is 1. The number of aryl methyl sites for hydroxylation is 2. The Hall–Kier alpha value is -2.93. The number of aromatic amines is 1. The molecule has 32 heavy (non-hydrogen) atoms. The number of hydrogen-bond donors (Lipinski definition) is 3. The van der Waals surface area contributed by atoms with Crippen molar-refractivity contribution >= 4 is 16.9 Å². The van der Waals surface area contributed by atoms with Crippen molar-refractivity contribution in [2.75, 3.05) is 6.61 Å². The fourth-order valence-electron chi connectivity index (χ4n) is 4.53. The van der Waals surface area contributed by atoms with Gasteiger partial charge in [-0.05, 0) is 70.4 Å². The van der Waals surface area contributed by atoms with Gasteiger partial charge in [0.25, 0.3) is 5.91 Å². The zero-order valence-corrected chi connectivity index (χ0v) is 18.6. The maximum atomic E-state index is 13.2. The molecule has 3 aromatic rings. The van der Waals surface area contributed by atoms with Crippen molar-refractivity contribution in [3.8, 4) is 17.0 Å². The molecule has 0 spiro atoms. The first-order chi connectivity index (χ1) is 15.5. The van der Waals surface area contributed by atoms with E-state index in [2.05, 4.69) is 26.3 Å². The van der Waals surface area contributed by atoms with Gasteiger partial charge >= 0.3 is 0 Å². The molecule has 7 nitrogen and oxygen atoms in total. The summed E-state index contributed by atoms with van der Waals surface area (Å²) in [5.41, 5.74) is 5.46. The first-order valence-corrected chi connectivity index (χ1v) is 11.6. The lowest BCUT2D eigenvalue weighted by Crippen LogP contribution is -2.38. The Bertz CT molecular complexity index is 1140. The van der Waals surface area contributed by atoms with E-state index in [-0.39, 0.29) is 18.1 Å². The highest BCUT2D eigenvalue weighted by atomic mass is 16.5. The van der Waals surface area contributed by atoms with Gasteiger partial charge < -0.3 is 20.1 Å². The number of hydrogen-bond acceptors (Lipinski definition) is 5. The molecule has 0 bridgehead atoms. The van der Waals surface area contributed by atoms with Crippen LogP contribution in [0, 0.1) is 19.8 Å². The summed E-state index contributed by atoms with van der Waals surface area (Å²) in [6.07, 6.45) is 6.76. The standard InChI is InChI=1S/C25H30N4O3/c1-14-3-10-20(32-12-16-4-5-16)19(11-14)22-24-23(27-13-26-22)21(15(2)28-24)25(31)29-17-6-8-18(30)9-7-17/h3,10-11,13,16-18,28,30H,4-9,12H2,1-2H3,(H,29,31)/t17-,18-. The number of ether oxygens (including phenoxy) is 1. The van der Waals surface area contributed by atoms with E-state index in [1.807, 2.05) is 26.0 Å². The Morgan fingerprint density at radius 1 is 1.16 bits per heavy atom. The fraction of sp³-hybridized carbons (Fsp3) is 0.480. The van der Waals surface area contributed by atoms with Crippen LogP contribution in [-0.2, 0) is 0 Å². The molecule has 168 valence electrons. The van der Waals surface area contributed by atoms with E-state index in [4.69, 9.17) is 4.74 Å². The van der Waals surface area contributed by atoms with E-state index in [1.165, 1.54) is 19.2 Å².